The maximum Gasteiger partial charge on any atom is 0.293 e. The van der Waals surface area contributed by atoms with Crippen LogP contribution in [-0.2, 0) is 21.1 Å². The van der Waals surface area contributed by atoms with E-state index in [9.17, 15) is 24.0 Å². The van der Waals surface area contributed by atoms with Crippen LogP contribution in [0.3, 0.4) is 0 Å². The lowest BCUT2D eigenvalue weighted by Gasteiger charge is -2.22. The second-order valence-corrected chi connectivity index (χ2v) is 13.2. The van der Waals surface area contributed by atoms with Crippen LogP contribution in [0.1, 0.15) is 58.9 Å². The number of aryl methyl sites for hydroxylation is 3. The van der Waals surface area contributed by atoms with Crippen LogP contribution in [0.15, 0.2) is 61.1 Å². The number of amides is 5. The molecule has 302 valence electrons. The minimum absolute atomic E-state index is 0. The van der Waals surface area contributed by atoms with Gasteiger partial charge in [0.05, 0.1) is 22.9 Å². The summed E-state index contributed by atoms with van der Waals surface area (Å²) in [6.45, 7) is 1.41. The molecule has 5 amide bonds. The molecule has 0 spiro atoms. The van der Waals surface area contributed by atoms with Crippen molar-refractivity contribution < 1.29 is 24.0 Å². The molecule has 9 N–H and O–H groups in total. The Morgan fingerprint density at radius 1 is 0.737 bits per heavy atom. The molecule has 1 aromatic carbocycles. The summed E-state index contributed by atoms with van der Waals surface area (Å²) >= 11 is 11.8. The first-order valence-electron chi connectivity index (χ1n) is 17.0. The van der Waals surface area contributed by atoms with Crippen LogP contribution in [0, 0.1) is 5.41 Å². The summed E-state index contributed by atoms with van der Waals surface area (Å²) in [5, 5.41) is 27.1. The molecule has 4 aromatic heterocycles. The maximum absolute atomic E-state index is 13.2. The Morgan fingerprint density at radius 3 is 1.68 bits per heavy atom. The van der Waals surface area contributed by atoms with Crippen molar-refractivity contribution >= 4 is 99.7 Å². The molecule has 0 aliphatic carbocycles. The molecular weight excluding hydrogens is 803 g/mol. The highest BCUT2D eigenvalue weighted by molar-refractivity contribution is 6.18. The van der Waals surface area contributed by atoms with Crippen molar-refractivity contribution in [3.8, 4) is 0 Å². The fourth-order valence-electron chi connectivity index (χ4n) is 5.55. The van der Waals surface area contributed by atoms with Gasteiger partial charge in [-0.05, 0) is 42.5 Å². The Labute approximate surface area is 342 Å². The summed E-state index contributed by atoms with van der Waals surface area (Å²) in [6.07, 6.45) is 4.88. The van der Waals surface area contributed by atoms with Gasteiger partial charge in [0.1, 0.15) is 17.1 Å². The molecule has 22 heteroatoms. The van der Waals surface area contributed by atoms with Gasteiger partial charge in [-0.25, -0.2) is 0 Å². The third-order valence-corrected chi connectivity index (χ3v) is 8.63. The van der Waals surface area contributed by atoms with E-state index in [1.807, 2.05) is 4.90 Å². The number of carbonyl (C=O) groups is 5. The number of nitrogens with zero attached hydrogens (tertiary/aromatic N) is 6. The van der Waals surface area contributed by atoms with Gasteiger partial charge in [0.15, 0.2) is 0 Å². The Bertz CT molecular complexity index is 2250. The number of amidine groups is 1. The van der Waals surface area contributed by atoms with Gasteiger partial charge in [-0.3, -0.25) is 39.8 Å². The molecule has 0 aliphatic heterocycles. The highest BCUT2D eigenvalue weighted by Gasteiger charge is 2.20. The fraction of sp³-hybridized carbons (Fsp3) is 0.257. The Balaban J connectivity index is 0.00000720. The Kier molecular flexibility index (Phi) is 14.9. The molecule has 0 radical (unpaired) electrons. The average molecular weight is 844 g/mol. The molecule has 0 aliphatic rings. The summed E-state index contributed by atoms with van der Waals surface area (Å²) in [4.78, 5) is 70.7. The summed E-state index contributed by atoms with van der Waals surface area (Å²) < 4.78 is 4.59. The first kappa shape index (κ1) is 43.4. The zero-order valence-corrected chi connectivity index (χ0v) is 33.3. The van der Waals surface area contributed by atoms with Crippen LogP contribution in [-0.4, -0.2) is 95.6 Å². The monoisotopic (exact) mass is 842 g/mol. The molecule has 19 nitrogen and oxygen atoms in total. The smallest absolute Gasteiger partial charge is 0.293 e. The van der Waals surface area contributed by atoms with Crippen LogP contribution in [0.2, 0.25) is 0 Å². The number of hydrogen-bond donors (Lipinski definition) is 8. The highest BCUT2D eigenvalue weighted by atomic mass is 35.5. The third-order valence-electron chi connectivity index (χ3n) is 8.30. The Morgan fingerprint density at radius 2 is 1.21 bits per heavy atom. The van der Waals surface area contributed by atoms with Gasteiger partial charge in [0.2, 0.25) is 11.8 Å². The van der Waals surface area contributed by atoms with Crippen molar-refractivity contribution in [2.45, 2.75) is 6.42 Å². The van der Waals surface area contributed by atoms with E-state index in [0.29, 0.717) is 47.5 Å². The van der Waals surface area contributed by atoms with E-state index >= 15 is 0 Å². The number of hydrogen-bond acceptors (Lipinski definition) is 9. The standard InChI is InChI=1S/C35H40Cl2N14O5.ClH/c1-48-17-21(14-25(48)31(53)40-11-8-28(38)39)41-32(54)26-15-22(18-49(26)2)42-33(55)27-16-23(19-50(27)3)43-34(56)29-44-35(47-46-29)45-30(52)20-4-6-24(7-5-20)51(12-9-36)13-10-37;/h4-7,14-19H,8-13H2,1-3H3,(H3,38,39)(H,40,53)(H,41,54)(H,42,55)(H,43,56)(H2,44,45,46,47,52);1H. The summed E-state index contributed by atoms with van der Waals surface area (Å²) in [7, 11) is 4.91. The van der Waals surface area contributed by atoms with Crippen molar-refractivity contribution in [1.82, 2.24) is 34.2 Å². The van der Waals surface area contributed by atoms with Gasteiger partial charge >= 0.3 is 0 Å². The van der Waals surface area contributed by atoms with E-state index in [0.717, 1.165) is 5.69 Å². The minimum Gasteiger partial charge on any atom is -0.388 e. The first-order chi connectivity index (χ1) is 26.8. The van der Waals surface area contributed by atoms with E-state index in [4.69, 9.17) is 34.3 Å². The summed E-state index contributed by atoms with van der Waals surface area (Å²) in [5.41, 5.74) is 8.25. The normalized spacial score (nSPS) is 10.6. The van der Waals surface area contributed by atoms with E-state index in [-0.39, 0.29) is 66.0 Å². The van der Waals surface area contributed by atoms with Gasteiger partial charge in [0.25, 0.3) is 29.5 Å². The zero-order valence-electron chi connectivity index (χ0n) is 31.0. The van der Waals surface area contributed by atoms with Gasteiger partial charge < -0.3 is 45.6 Å². The number of rotatable bonds is 17. The minimum atomic E-state index is -0.670. The van der Waals surface area contributed by atoms with Gasteiger partial charge in [-0.1, -0.05) is 0 Å². The zero-order chi connectivity index (χ0) is 40.5. The average Bonchev–Trinajstić information content (AvgIpc) is 3.94. The molecule has 0 atom stereocenters. The highest BCUT2D eigenvalue weighted by Crippen LogP contribution is 2.21. The predicted octanol–water partition coefficient (Wildman–Crippen LogP) is 3.59. The number of H-pyrrole nitrogens is 1. The number of halogens is 3. The second-order valence-electron chi connectivity index (χ2n) is 12.4. The molecule has 0 saturated carbocycles. The van der Waals surface area contributed by atoms with Gasteiger partial charge in [-0.15, -0.1) is 40.7 Å². The van der Waals surface area contributed by atoms with Crippen LogP contribution in [0.25, 0.3) is 0 Å². The van der Waals surface area contributed by atoms with Crippen LogP contribution in [0.5, 0.6) is 0 Å². The molecule has 0 saturated heterocycles. The molecule has 5 aromatic rings. The largest absolute Gasteiger partial charge is 0.388 e. The molecule has 5 rings (SSSR count). The number of anilines is 5. The molecule has 0 unspecified atom stereocenters. The van der Waals surface area contributed by atoms with E-state index in [1.165, 1.54) is 33.5 Å². The lowest BCUT2D eigenvalue weighted by molar-refractivity contribution is 0.0944. The van der Waals surface area contributed by atoms with Gasteiger partial charge in [-0.2, -0.15) is 4.98 Å². The topological polar surface area (TPSA) is 255 Å². The molecule has 0 bridgehead atoms. The van der Waals surface area contributed by atoms with Crippen molar-refractivity contribution in [3.05, 3.63) is 89.5 Å². The van der Waals surface area contributed by atoms with E-state index < -0.39 is 23.6 Å². The number of benzene rings is 1. The third kappa shape index (κ3) is 11.1. The SMILES string of the molecule is Cl.Cn1cc(NC(=O)c2cc(NC(=O)c3cc(NC(=O)c4nc(NC(=O)c5ccc(N(CCCl)CCCl)cc5)n[nH]4)cn3C)cn2C)cc1C(=O)NCCC(=N)N. The molecule has 0 fully saturated rings. The summed E-state index contributed by atoms with van der Waals surface area (Å²) in [6, 6.07) is 11.3. The van der Waals surface area contributed by atoms with E-state index in [1.54, 1.807) is 62.4 Å². The Hall–Kier alpha value is -6.31. The van der Waals surface area contributed by atoms with Crippen LogP contribution < -0.4 is 37.2 Å². The van der Waals surface area contributed by atoms with Crippen LogP contribution >= 0.6 is 35.6 Å². The van der Waals surface area contributed by atoms with Crippen molar-refractivity contribution in [2.24, 2.45) is 26.9 Å². The summed E-state index contributed by atoms with van der Waals surface area (Å²) in [5.74, 6) is -2.03. The quantitative estimate of drug-likeness (QED) is 0.0386. The number of alkyl halides is 2. The van der Waals surface area contributed by atoms with Crippen molar-refractivity contribution in [2.75, 3.05) is 57.6 Å². The maximum atomic E-state index is 13.2. The van der Waals surface area contributed by atoms with Crippen molar-refractivity contribution in [1.29, 1.82) is 5.41 Å². The first-order valence-corrected chi connectivity index (χ1v) is 18.1. The fourth-order valence-corrected chi connectivity index (χ4v) is 5.96. The lowest BCUT2D eigenvalue weighted by atomic mass is 10.2. The number of nitrogens with one attached hydrogen (secondary N) is 7. The van der Waals surface area contributed by atoms with Crippen LogP contribution in [0.4, 0.5) is 28.7 Å². The molecule has 4 heterocycles. The number of nitrogens with two attached hydrogens (primary N) is 1. The number of aromatic nitrogens is 6. The van der Waals surface area contributed by atoms with Crippen molar-refractivity contribution in [3.63, 3.8) is 0 Å². The predicted molar refractivity (Wildman–Crippen MR) is 221 cm³/mol. The second kappa shape index (κ2) is 19.5. The number of aromatic amines is 1. The molecule has 57 heavy (non-hydrogen) atoms. The number of carbonyl (C=O) groups excluding carboxylic acids is 5. The molecular formula is C35H41Cl3N14O5. The van der Waals surface area contributed by atoms with Gasteiger partial charge in [0, 0.05) is 88.8 Å². The lowest BCUT2D eigenvalue weighted by Crippen LogP contribution is -2.28. The van der Waals surface area contributed by atoms with E-state index in [2.05, 4.69) is 41.8 Å².